The van der Waals surface area contributed by atoms with Gasteiger partial charge in [0.25, 0.3) is 0 Å². The van der Waals surface area contributed by atoms with Crippen LogP contribution in [-0.2, 0) is 17.8 Å². The fourth-order valence-corrected chi connectivity index (χ4v) is 3.14. The molecule has 1 N–H and O–H groups in total. The monoisotopic (exact) mass is 258 g/mol. The first kappa shape index (κ1) is 12.7. The fraction of sp³-hybridized carbons (Fsp3) is 0.562. The zero-order valence-corrected chi connectivity index (χ0v) is 11.4. The Morgan fingerprint density at radius 2 is 2.00 bits per heavy atom. The van der Waals surface area contributed by atoms with E-state index in [4.69, 9.17) is 0 Å². The summed E-state index contributed by atoms with van der Waals surface area (Å²) >= 11 is 0. The Balaban J connectivity index is 1.68. The Bertz CT molecular complexity index is 450. The average Bonchev–Trinajstić information content (AvgIpc) is 2.75. The minimum absolute atomic E-state index is 0.0489. The van der Waals surface area contributed by atoms with Crippen LogP contribution in [0.2, 0.25) is 0 Å². The molecule has 1 aromatic rings. The van der Waals surface area contributed by atoms with E-state index in [-0.39, 0.29) is 6.04 Å². The molecule has 1 amide bonds. The van der Waals surface area contributed by atoms with Gasteiger partial charge in [-0.25, -0.2) is 0 Å². The molecule has 1 aromatic carbocycles. The summed E-state index contributed by atoms with van der Waals surface area (Å²) in [5, 5.41) is 3.41. The molecule has 0 aliphatic carbocycles. The summed E-state index contributed by atoms with van der Waals surface area (Å²) in [4.78, 5) is 14.6. The SMILES string of the molecule is O=C(C1CCCCCN1)N1CCc2ccccc2C1. The van der Waals surface area contributed by atoms with Crippen molar-refractivity contribution in [3.05, 3.63) is 35.4 Å². The molecule has 2 aliphatic rings. The third-order valence-electron chi connectivity index (χ3n) is 4.30. The third-order valence-corrected chi connectivity index (χ3v) is 4.30. The second kappa shape index (κ2) is 5.74. The first-order valence-corrected chi connectivity index (χ1v) is 7.43. The van der Waals surface area contributed by atoms with E-state index in [9.17, 15) is 4.79 Å². The summed E-state index contributed by atoms with van der Waals surface area (Å²) in [6, 6.07) is 8.53. The number of nitrogens with one attached hydrogen (secondary N) is 1. The van der Waals surface area contributed by atoms with Crippen molar-refractivity contribution in [3.8, 4) is 0 Å². The standard InChI is InChI=1S/C16H22N2O/c19-16(15-8-2-1-5-10-17-15)18-11-9-13-6-3-4-7-14(13)12-18/h3-4,6-7,15,17H,1-2,5,8-12H2. The highest BCUT2D eigenvalue weighted by atomic mass is 16.2. The molecular weight excluding hydrogens is 236 g/mol. The van der Waals surface area contributed by atoms with Crippen LogP contribution in [0.3, 0.4) is 0 Å². The number of hydrogen-bond acceptors (Lipinski definition) is 2. The summed E-state index contributed by atoms with van der Waals surface area (Å²) in [5.41, 5.74) is 2.72. The van der Waals surface area contributed by atoms with Crippen molar-refractivity contribution >= 4 is 5.91 Å². The lowest BCUT2D eigenvalue weighted by Gasteiger charge is -2.31. The van der Waals surface area contributed by atoms with Crippen LogP contribution in [0.5, 0.6) is 0 Å². The normalized spacial score (nSPS) is 23.6. The highest BCUT2D eigenvalue weighted by molar-refractivity contribution is 5.82. The molecule has 1 fully saturated rings. The van der Waals surface area contributed by atoms with Crippen LogP contribution in [0.4, 0.5) is 0 Å². The van der Waals surface area contributed by atoms with Crippen LogP contribution in [0.15, 0.2) is 24.3 Å². The Kier molecular flexibility index (Phi) is 3.83. The van der Waals surface area contributed by atoms with Crippen molar-refractivity contribution in [3.63, 3.8) is 0 Å². The van der Waals surface area contributed by atoms with E-state index in [0.29, 0.717) is 5.91 Å². The lowest BCUT2D eigenvalue weighted by Crippen LogP contribution is -2.47. The number of carbonyl (C=O) groups excluding carboxylic acids is 1. The summed E-state index contributed by atoms with van der Waals surface area (Å²) in [5.74, 6) is 0.302. The Labute approximate surface area is 115 Å². The summed E-state index contributed by atoms with van der Waals surface area (Å²) in [6.45, 7) is 2.64. The van der Waals surface area contributed by atoms with Gasteiger partial charge < -0.3 is 10.2 Å². The lowest BCUT2D eigenvalue weighted by molar-refractivity contribution is -0.134. The minimum Gasteiger partial charge on any atom is -0.337 e. The van der Waals surface area contributed by atoms with Crippen molar-refractivity contribution in [2.24, 2.45) is 0 Å². The molecule has 1 unspecified atom stereocenters. The molecule has 3 rings (SSSR count). The maximum atomic E-state index is 12.6. The number of benzene rings is 1. The molecule has 0 saturated carbocycles. The molecule has 2 heterocycles. The van der Waals surface area contributed by atoms with Gasteiger partial charge in [-0.05, 0) is 36.9 Å². The van der Waals surface area contributed by atoms with Crippen molar-refractivity contribution < 1.29 is 4.79 Å². The van der Waals surface area contributed by atoms with Crippen molar-refractivity contribution in [1.29, 1.82) is 0 Å². The van der Waals surface area contributed by atoms with Crippen molar-refractivity contribution in [2.45, 2.75) is 44.7 Å². The maximum Gasteiger partial charge on any atom is 0.240 e. The van der Waals surface area contributed by atoms with Gasteiger partial charge in [-0.3, -0.25) is 4.79 Å². The van der Waals surface area contributed by atoms with Gasteiger partial charge >= 0.3 is 0 Å². The van der Waals surface area contributed by atoms with E-state index >= 15 is 0 Å². The zero-order chi connectivity index (χ0) is 13.1. The van der Waals surface area contributed by atoms with Crippen LogP contribution in [0, 0.1) is 0 Å². The molecule has 3 nitrogen and oxygen atoms in total. The van der Waals surface area contributed by atoms with Crippen LogP contribution in [0.25, 0.3) is 0 Å². The molecule has 3 heteroatoms. The second-order valence-electron chi connectivity index (χ2n) is 5.63. The van der Waals surface area contributed by atoms with Gasteiger partial charge in [0, 0.05) is 13.1 Å². The number of hydrogen-bond donors (Lipinski definition) is 1. The summed E-state index contributed by atoms with van der Waals surface area (Å²) in [6.07, 6.45) is 5.62. The molecule has 19 heavy (non-hydrogen) atoms. The molecule has 1 saturated heterocycles. The molecule has 0 aromatic heterocycles. The molecule has 0 radical (unpaired) electrons. The smallest absolute Gasteiger partial charge is 0.240 e. The molecule has 102 valence electrons. The van der Waals surface area contributed by atoms with Gasteiger partial charge in [-0.15, -0.1) is 0 Å². The molecule has 0 spiro atoms. The van der Waals surface area contributed by atoms with Crippen molar-refractivity contribution in [1.82, 2.24) is 10.2 Å². The number of nitrogens with zero attached hydrogens (tertiary/aromatic N) is 1. The average molecular weight is 258 g/mol. The summed E-state index contributed by atoms with van der Waals surface area (Å²) < 4.78 is 0. The van der Waals surface area contributed by atoms with E-state index in [0.717, 1.165) is 32.5 Å². The quantitative estimate of drug-likeness (QED) is 0.836. The van der Waals surface area contributed by atoms with Crippen molar-refractivity contribution in [2.75, 3.05) is 13.1 Å². The largest absolute Gasteiger partial charge is 0.337 e. The van der Waals surface area contributed by atoms with Gasteiger partial charge in [0.1, 0.15) is 0 Å². The number of rotatable bonds is 1. The Morgan fingerprint density at radius 3 is 2.89 bits per heavy atom. The van der Waals surface area contributed by atoms with E-state index in [1.165, 1.54) is 30.4 Å². The van der Waals surface area contributed by atoms with Gasteiger partial charge in [0.15, 0.2) is 0 Å². The second-order valence-corrected chi connectivity index (χ2v) is 5.63. The predicted octanol–water partition coefficient (Wildman–Crippen LogP) is 2.10. The van der Waals surface area contributed by atoms with Gasteiger partial charge in [-0.1, -0.05) is 37.1 Å². The zero-order valence-electron chi connectivity index (χ0n) is 11.4. The topological polar surface area (TPSA) is 32.3 Å². The predicted molar refractivity (Wildman–Crippen MR) is 75.8 cm³/mol. The van der Waals surface area contributed by atoms with Gasteiger partial charge in [0.05, 0.1) is 6.04 Å². The lowest BCUT2D eigenvalue weighted by atomic mass is 9.99. The highest BCUT2D eigenvalue weighted by Crippen LogP contribution is 2.20. The minimum atomic E-state index is 0.0489. The van der Waals surface area contributed by atoms with E-state index in [1.807, 2.05) is 4.90 Å². The molecule has 2 aliphatic heterocycles. The fourth-order valence-electron chi connectivity index (χ4n) is 3.14. The van der Waals surface area contributed by atoms with Crippen LogP contribution in [0.1, 0.15) is 36.8 Å². The summed E-state index contributed by atoms with van der Waals surface area (Å²) in [7, 11) is 0. The van der Waals surface area contributed by atoms with Crippen LogP contribution < -0.4 is 5.32 Å². The Morgan fingerprint density at radius 1 is 1.16 bits per heavy atom. The number of amides is 1. The van der Waals surface area contributed by atoms with E-state index in [2.05, 4.69) is 29.6 Å². The highest BCUT2D eigenvalue weighted by Gasteiger charge is 2.27. The van der Waals surface area contributed by atoms with Gasteiger partial charge in [0.2, 0.25) is 5.91 Å². The molecular formula is C16H22N2O. The first-order valence-electron chi connectivity index (χ1n) is 7.43. The van der Waals surface area contributed by atoms with Crippen LogP contribution >= 0.6 is 0 Å². The molecule has 0 bridgehead atoms. The number of fused-ring (bicyclic) bond motifs is 1. The van der Waals surface area contributed by atoms with E-state index in [1.54, 1.807) is 0 Å². The van der Waals surface area contributed by atoms with Gasteiger partial charge in [-0.2, -0.15) is 0 Å². The first-order chi connectivity index (χ1) is 9.34. The van der Waals surface area contributed by atoms with Crippen LogP contribution in [-0.4, -0.2) is 29.9 Å². The van der Waals surface area contributed by atoms with E-state index < -0.39 is 0 Å². The Hall–Kier alpha value is -1.35. The number of carbonyl (C=O) groups is 1. The maximum absolute atomic E-state index is 12.6. The third kappa shape index (κ3) is 2.81. The molecule has 1 atom stereocenters.